The van der Waals surface area contributed by atoms with Crippen LogP contribution >= 0.6 is 11.3 Å². The molecule has 1 N–H and O–H groups in total. The van der Waals surface area contributed by atoms with E-state index >= 15 is 0 Å². The fourth-order valence-electron chi connectivity index (χ4n) is 3.39. The first-order valence-corrected chi connectivity index (χ1v) is 10.4. The summed E-state index contributed by atoms with van der Waals surface area (Å²) in [5.41, 5.74) is 1.71. The average molecular weight is 433 g/mol. The Balaban J connectivity index is 1.76. The molecule has 0 fully saturated rings. The highest BCUT2D eigenvalue weighted by molar-refractivity contribution is 7.17. The Morgan fingerprint density at radius 3 is 2.55 bits per heavy atom. The molecule has 7 nitrogen and oxygen atoms in total. The SMILES string of the molecule is CC(=O)c1cccc(NC(=O)Cn2c(=O)n(-c3cccc(C)c3)c(=O)c3sccc32)c1. The van der Waals surface area contributed by atoms with Gasteiger partial charge >= 0.3 is 5.69 Å². The number of nitrogens with one attached hydrogen (secondary N) is 1. The third-order valence-electron chi connectivity index (χ3n) is 4.87. The van der Waals surface area contributed by atoms with Crippen molar-refractivity contribution in [3.63, 3.8) is 0 Å². The monoisotopic (exact) mass is 433 g/mol. The molecule has 0 saturated carbocycles. The second kappa shape index (κ2) is 8.16. The van der Waals surface area contributed by atoms with E-state index in [9.17, 15) is 19.2 Å². The summed E-state index contributed by atoms with van der Waals surface area (Å²) in [6.07, 6.45) is 0. The van der Waals surface area contributed by atoms with Gasteiger partial charge < -0.3 is 5.32 Å². The number of aromatic nitrogens is 2. The van der Waals surface area contributed by atoms with Gasteiger partial charge in [-0.1, -0.05) is 24.3 Å². The Bertz CT molecular complexity index is 1450. The number of hydrogen-bond donors (Lipinski definition) is 1. The van der Waals surface area contributed by atoms with Gasteiger partial charge in [0.15, 0.2) is 5.78 Å². The van der Waals surface area contributed by atoms with E-state index in [0.717, 1.165) is 10.1 Å². The highest BCUT2D eigenvalue weighted by Gasteiger charge is 2.18. The Hall–Kier alpha value is -3.78. The predicted octanol–water partition coefficient (Wildman–Crippen LogP) is 3.36. The van der Waals surface area contributed by atoms with E-state index in [-0.39, 0.29) is 12.3 Å². The van der Waals surface area contributed by atoms with Crippen LogP contribution in [0.4, 0.5) is 5.69 Å². The van der Waals surface area contributed by atoms with Crippen LogP contribution in [-0.2, 0) is 11.3 Å². The fourth-order valence-corrected chi connectivity index (χ4v) is 4.22. The topological polar surface area (TPSA) is 90.2 Å². The molecule has 0 saturated heterocycles. The lowest BCUT2D eigenvalue weighted by molar-refractivity contribution is -0.116. The minimum Gasteiger partial charge on any atom is -0.325 e. The van der Waals surface area contributed by atoms with Gasteiger partial charge in [0.2, 0.25) is 5.91 Å². The number of fused-ring (bicyclic) bond motifs is 1. The van der Waals surface area contributed by atoms with Crippen molar-refractivity contribution in [2.45, 2.75) is 20.4 Å². The Morgan fingerprint density at radius 2 is 1.81 bits per heavy atom. The smallest absolute Gasteiger partial charge is 0.325 e. The lowest BCUT2D eigenvalue weighted by Gasteiger charge is -2.13. The van der Waals surface area contributed by atoms with E-state index in [1.54, 1.807) is 53.9 Å². The van der Waals surface area contributed by atoms with Crippen LogP contribution in [0.25, 0.3) is 15.9 Å². The van der Waals surface area contributed by atoms with Crippen LogP contribution in [0.2, 0.25) is 0 Å². The second-order valence-corrected chi connectivity index (χ2v) is 8.08. The molecule has 1 amide bonds. The summed E-state index contributed by atoms with van der Waals surface area (Å²) in [6.45, 7) is 3.05. The molecule has 2 aromatic heterocycles. The first-order valence-electron chi connectivity index (χ1n) is 9.56. The van der Waals surface area contributed by atoms with Gasteiger partial charge in [-0.2, -0.15) is 0 Å². The number of anilines is 1. The first kappa shape index (κ1) is 20.5. The molecule has 2 aromatic carbocycles. The molecular weight excluding hydrogens is 414 g/mol. The number of nitrogens with zero attached hydrogens (tertiary/aromatic N) is 2. The molecular formula is C23H19N3O4S. The van der Waals surface area contributed by atoms with Gasteiger partial charge in [-0.05, 0) is 55.1 Å². The quantitative estimate of drug-likeness (QED) is 0.489. The molecule has 31 heavy (non-hydrogen) atoms. The second-order valence-electron chi connectivity index (χ2n) is 7.17. The van der Waals surface area contributed by atoms with Crippen LogP contribution < -0.4 is 16.6 Å². The molecule has 0 aliphatic carbocycles. The summed E-state index contributed by atoms with van der Waals surface area (Å²) in [7, 11) is 0. The number of thiophene rings is 1. The molecule has 0 radical (unpaired) electrons. The predicted molar refractivity (Wildman–Crippen MR) is 121 cm³/mol. The lowest BCUT2D eigenvalue weighted by atomic mass is 10.1. The molecule has 4 rings (SSSR count). The van der Waals surface area contributed by atoms with Crippen molar-refractivity contribution in [3.8, 4) is 5.69 Å². The molecule has 0 aliphatic rings. The van der Waals surface area contributed by atoms with Crippen LogP contribution in [0.3, 0.4) is 0 Å². The van der Waals surface area contributed by atoms with Gasteiger partial charge in [-0.3, -0.25) is 19.0 Å². The van der Waals surface area contributed by atoms with Crippen molar-refractivity contribution in [2.24, 2.45) is 0 Å². The molecule has 4 aromatic rings. The first-order chi connectivity index (χ1) is 14.8. The summed E-state index contributed by atoms with van der Waals surface area (Å²) in [4.78, 5) is 50.5. The van der Waals surface area contributed by atoms with E-state index in [2.05, 4.69) is 5.32 Å². The molecule has 0 aliphatic heterocycles. The van der Waals surface area contributed by atoms with Gasteiger partial charge in [0.1, 0.15) is 11.2 Å². The van der Waals surface area contributed by atoms with Crippen molar-refractivity contribution < 1.29 is 9.59 Å². The third kappa shape index (κ3) is 3.97. The summed E-state index contributed by atoms with van der Waals surface area (Å²) in [5, 5.41) is 4.44. The van der Waals surface area contributed by atoms with Crippen molar-refractivity contribution in [1.29, 1.82) is 0 Å². The lowest BCUT2D eigenvalue weighted by Crippen LogP contribution is -2.40. The van der Waals surface area contributed by atoms with Crippen LogP contribution in [0, 0.1) is 6.92 Å². The number of ketones is 1. The maximum atomic E-state index is 13.3. The van der Waals surface area contributed by atoms with E-state index in [1.165, 1.54) is 22.8 Å². The fraction of sp³-hybridized carbons (Fsp3) is 0.130. The van der Waals surface area contributed by atoms with Crippen LogP contribution in [0.15, 0.2) is 69.6 Å². The Labute approximate surface area is 181 Å². The number of carbonyl (C=O) groups excluding carboxylic acids is 2. The number of rotatable bonds is 5. The molecule has 0 spiro atoms. The number of carbonyl (C=O) groups is 2. The maximum absolute atomic E-state index is 13.3. The highest BCUT2D eigenvalue weighted by Crippen LogP contribution is 2.17. The van der Waals surface area contributed by atoms with Crippen LogP contribution in [0.1, 0.15) is 22.8 Å². The van der Waals surface area contributed by atoms with E-state index in [1.807, 2.05) is 13.0 Å². The van der Waals surface area contributed by atoms with Gasteiger partial charge in [0.25, 0.3) is 5.56 Å². The minimum atomic E-state index is -0.589. The summed E-state index contributed by atoms with van der Waals surface area (Å²) < 4.78 is 2.78. The summed E-state index contributed by atoms with van der Waals surface area (Å²) in [6, 6.07) is 15.3. The van der Waals surface area contributed by atoms with Gasteiger partial charge in [0, 0.05) is 11.3 Å². The van der Waals surface area contributed by atoms with E-state index in [4.69, 9.17) is 0 Å². The van der Waals surface area contributed by atoms with Gasteiger partial charge in [-0.15, -0.1) is 11.3 Å². The van der Waals surface area contributed by atoms with Crippen molar-refractivity contribution in [3.05, 3.63) is 91.9 Å². The standard InChI is InChI=1S/C23H19N3O4S/c1-14-5-3-8-18(11-14)26-22(29)21-19(9-10-31-21)25(23(26)30)13-20(28)24-17-7-4-6-16(12-17)15(2)27/h3-12H,13H2,1-2H3,(H,24,28). The molecule has 0 bridgehead atoms. The molecule has 0 atom stereocenters. The highest BCUT2D eigenvalue weighted by atomic mass is 32.1. The zero-order valence-corrected chi connectivity index (χ0v) is 17.7. The summed E-state index contributed by atoms with van der Waals surface area (Å²) >= 11 is 1.22. The molecule has 2 heterocycles. The zero-order valence-electron chi connectivity index (χ0n) is 16.9. The minimum absolute atomic E-state index is 0.113. The molecule has 0 unspecified atom stereocenters. The average Bonchev–Trinajstić information content (AvgIpc) is 3.22. The number of aryl methyl sites for hydroxylation is 1. The van der Waals surface area contributed by atoms with E-state index < -0.39 is 17.2 Å². The summed E-state index contributed by atoms with van der Waals surface area (Å²) in [5.74, 6) is -0.553. The van der Waals surface area contributed by atoms with Crippen molar-refractivity contribution in [2.75, 3.05) is 5.32 Å². The largest absolute Gasteiger partial charge is 0.336 e. The Kier molecular flexibility index (Phi) is 5.39. The molecule has 156 valence electrons. The van der Waals surface area contributed by atoms with Gasteiger partial charge in [-0.25, -0.2) is 9.36 Å². The van der Waals surface area contributed by atoms with Crippen molar-refractivity contribution in [1.82, 2.24) is 9.13 Å². The third-order valence-corrected chi connectivity index (χ3v) is 5.76. The zero-order chi connectivity index (χ0) is 22.1. The Morgan fingerprint density at radius 1 is 1.03 bits per heavy atom. The van der Waals surface area contributed by atoms with Crippen molar-refractivity contribution >= 4 is 38.9 Å². The van der Waals surface area contributed by atoms with Crippen LogP contribution in [-0.4, -0.2) is 20.8 Å². The van der Waals surface area contributed by atoms with E-state index in [0.29, 0.717) is 27.2 Å². The number of amides is 1. The normalized spacial score (nSPS) is 10.9. The molecule has 8 heteroatoms. The number of Topliss-reactive ketones (excluding diaryl/α,β-unsaturated/α-hetero) is 1. The van der Waals surface area contributed by atoms with Gasteiger partial charge in [0.05, 0.1) is 11.2 Å². The number of hydrogen-bond acceptors (Lipinski definition) is 5. The number of benzene rings is 2. The van der Waals surface area contributed by atoms with Crippen LogP contribution in [0.5, 0.6) is 0 Å². The maximum Gasteiger partial charge on any atom is 0.336 e.